The van der Waals surface area contributed by atoms with Crippen LogP contribution in [0.15, 0.2) is 9.98 Å². The summed E-state index contributed by atoms with van der Waals surface area (Å²) < 4.78 is 0. The molecule has 0 aromatic carbocycles. The Labute approximate surface area is 446 Å². The smallest absolute Gasteiger partial charge is 0.862 e. The summed E-state index contributed by atoms with van der Waals surface area (Å²) in [4.78, 5) is 82.4. The van der Waals surface area contributed by atoms with Crippen molar-refractivity contribution in [1.29, 1.82) is 0 Å². The van der Waals surface area contributed by atoms with Crippen LogP contribution >= 0.6 is 0 Å². The van der Waals surface area contributed by atoms with Crippen LogP contribution < -0.4 is 36.0 Å². The van der Waals surface area contributed by atoms with Gasteiger partial charge in [0.15, 0.2) is 0 Å². The summed E-state index contributed by atoms with van der Waals surface area (Å²) in [5.41, 5.74) is 0. The van der Waals surface area contributed by atoms with Crippen molar-refractivity contribution in [2.45, 2.75) is 270 Å². The molecular formula is C51H87Al2N3O15. The van der Waals surface area contributed by atoms with E-state index in [1.165, 1.54) is 103 Å². The molecule has 0 rings (SSSR count). The average Bonchev–Trinajstić information content (AvgIpc) is 3.28. The molecule has 0 aliphatic heterocycles. The first kappa shape index (κ1) is 76.2. The number of nitrogens with zero attached hydrogens (tertiary/aromatic N) is 2. The summed E-state index contributed by atoms with van der Waals surface area (Å²) in [5, 5.41) is 85.3. The van der Waals surface area contributed by atoms with Crippen molar-refractivity contribution in [2.24, 2.45) is 9.98 Å². The molecule has 3 atom stereocenters. The Morgan fingerprint density at radius 3 is 0.930 bits per heavy atom. The fourth-order valence-corrected chi connectivity index (χ4v) is 7.02. The molecular weight excluding hydrogens is 949 g/mol. The number of amides is 1. The zero-order valence-corrected chi connectivity index (χ0v) is 45.7. The van der Waals surface area contributed by atoms with E-state index in [0.29, 0.717) is 19.3 Å². The van der Waals surface area contributed by atoms with Crippen molar-refractivity contribution in [1.82, 2.24) is 5.32 Å². The van der Waals surface area contributed by atoms with E-state index in [0.717, 1.165) is 57.8 Å². The van der Waals surface area contributed by atoms with Gasteiger partial charge in [0.2, 0.25) is 5.91 Å². The van der Waals surface area contributed by atoms with E-state index in [4.69, 9.17) is 10.2 Å². The number of carbonyl (C=O) groups excluding carboxylic acids is 5. The first-order chi connectivity index (χ1) is 32.9. The Bertz CT molecular complexity index is 1370. The molecule has 0 aromatic heterocycles. The third-order valence-electron chi connectivity index (χ3n) is 11.2. The molecule has 0 radical (unpaired) electrons. The van der Waals surface area contributed by atoms with Gasteiger partial charge in [-0.2, -0.15) is 0 Å². The van der Waals surface area contributed by atoms with Crippen LogP contribution in [-0.4, -0.2) is 117 Å². The minimum Gasteiger partial charge on any atom is -0.862 e. The monoisotopic (exact) mass is 1040 g/mol. The van der Waals surface area contributed by atoms with Gasteiger partial charge in [-0.15, -0.1) is 0 Å². The molecule has 0 aliphatic carbocycles. The number of unbranched alkanes of at least 4 members (excludes halogenated alkanes) is 24. The zero-order chi connectivity index (χ0) is 52.5. The van der Waals surface area contributed by atoms with Crippen LogP contribution in [0.3, 0.4) is 0 Å². The number of rotatable bonds is 45. The number of carbonyl (C=O) groups is 7. The van der Waals surface area contributed by atoms with Crippen molar-refractivity contribution >= 4 is 88.2 Å². The van der Waals surface area contributed by atoms with E-state index in [1.807, 2.05) is 0 Å². The predicted octanol–water partition coefficient (Wildman–Crippen LogP) is 3.21. The first-order valence-electron chi connectivity index (χ1n) is 25.9. The molecule has 1 amide bonds. The number of carboxylic acid groups (broad SMARTS) is 6. The van der Waals surface area contributed by atoms with Gasteiger partial charge < -0.3 is 65.3 Å². The van der Waals surface area contributed by atoms with Crippen LogP contribution in [0, 0.1) is 0 Å². The summed E-state index contributed by atoms with van der Waals surface area (Å²) in [7, 11) is 0. The Balaban J connectivity index is -0.000000302. The molecule has 0 unspecified atom stereocenters. The molecule has 3 N–H and O–H groups in total. The van der Waals surface area contributed by atoms with Gasteiger partial charge in [-0.3, -0.25) is 19.6 Å². The third-order valence-corrected chi connectivity index (χ3v) is 11.2. The number of hydrogen-bond acceptors (Lipinski definition) is 15. The molecule has 0 saturated carbocycles. The third kappa shape index (κ3) is 58.8. The maximum atomic E-state index is 11.7. The topological polar surface area (TPSA) is 335 Å². The Kier molecular flexibility index (Phi) is 59.7. The molecule has 71 heavy (non-hydrogen) atoms. The number of aliphatic imine (C=N–C) groups is 2. The second-order valence-electron chi connectivity index (χ2n) is 17.7. The Morgan fingerprint density at radius 1 is 0.394 bits per heavy atom. The SMILES string of the molecule is CCCCCCCCCCCC(=O)N[C@@H](CCC(=O)O)C(=O)O.CCCCCCCCCCCC([O-])=N[C@@H](CCC(=O)[O-])C(=O)[O-].CCCCCCCCCCCC([O-])=N[C@@H](CCC(=O)[O-])C(=O)[O-].[Al+3].[Al+3]. The second-order valence-corrected chi connectivity index (χ2v) is 17.7. The van der Waals surface area contributed by atoms with Crippen LogP contribution in [-0.2, 0) is 33.6 Å². The average molecular weight is 1040 g/mol. The number of nitrogens with one attached hydrogen (secondary N) is 1. The van der Waals surface area contributed by atoms with Crippen molar-refractivity contribution < 1.29 is 74.4 Å². The minimum absolute atomic E-state index is 0. The van der Waals surface area contributed by atoms with Gasteiger partial charge in [0.1, 0.15) is 6.04 Å². The van der Waals surface area contributed by atoms with E-state index in [-0.39, 0.29) is 79.2 Å². The van der Waals surface area contributed by atoms with Gasteiger partial charge >= 0.3 is 46.7 Å². The molecule has 0 heterocycles. The van der Waals surface area contributed by atoms with Crippen LogP contribution in [0.1, 0.15) is 252 Å². The van der Waals surface area contributed by atoms with Gasteiger partial charge in [-0.1, -0.05) is 175 Å². The number of carboxylic acids is 6. The summed E-state index contributed by atoms with van der Waals surface area (Å²) in [6.45, 7) is 6.57. The summed E-state index contributed by atoms with van der Waals surface area (Å²) in [6.07, 6.45) is 29.4. The molecule has 20 heteroatoms. The standard InChI is InChI=1S/3C17H31NO5.2Al/c3*1-2-3-4-5-6-7-8-9-10-11-15(19)18-14(17(22)23)12-13-16(20)21;;/h3*14H,2-13H2,1H3,(H,18,19)(H,20,21)(H,22,23);;/q;;;2*+3/p-6/t3*14-;;/m000../s1. The Morgan fingerprint density at radius 2 is 0.676 bits per heavy atom. The Hall–Kier alpha value is -3.71. The van der Waals surface area contributed by atoms with Gasteiger partial charge in [-0.05, 0) is 76.0 Å². The van der Waals surface area contributed by atoms with Crippen molar-refractivity contribution in [3.8, 4) is 0 Å². The van der Waals surface area contributed by atoms with Crippen molar-refractivity contribution in [2.75, 3.05) is 0 Å². The van der Waals surface area contributed by atoms with Gasteiger partial charge in [0, 0.05) is 24.8 Å². The van der Waals surface area contributed by atoms with E-state index in [9.17, 15) is 64.2 Å². The quantitative estimate of drug-likeness (QED) is 0.0341. The van der Waals surface area contributed by atoms with E-state index in [2.05, 4.69) is 36.1 Å². The number of hydrogen-bond donors (Lipinski definition) is 3. The summed E-state index contributed by atoms with van der Waals surface area (Å²) >= 11 is 0. The molecule has 0 aromatic rings. The van der Waals surface area contributed by atoms with Crippen LogP contribution in [0.2, 0.25) is 0 Å². The molecule has 0 fully saturated rings. The molecule has 0 aliphatic rings. The van der Waals surface area contributed by atoms with Crippen LogP contribution in [0.4, 0.5) is 0 Å². The summed E-state index contributed by atoms with van der Waals surface area (Å²) in [5.74, 6) is -9.34. The molecule has 402 valence electrons. The zero-order valence-electron chi connectivity index (χ0n) is 43.4. The van der Waals surface area contributed by atoms with Crippen LogP contribution in [0.25, 0.3) is 0 Å². The van der Waals surface area contributed by atoms with Gasteiger partial charge in [0.25, 0.3) is 0 Å². The molecule has 0 bridgehead atoms. The van der Waals surface area contributed by atoms with Gasteiger partial charge in [-0.25, -0.2) is 4.79 Å². The normalized spacial score (nSPS) is 12.3. The summed E-state index contributed by atoms with van der Waals surface area (Å²) in [6, 6.07) is -3.89. The minimum atomic E-state index is -1.52. The maximum absolute atomic E-state index is 11.7. The van der Waals surface area contributed by atoms with Crippen LogP contribution in [0.5, 0.6) is 0 Å². The van der Waals surface area contributed by atoms with E-state index >= 15 is 0 Å². The van der Waals surface area contributed by atoms with E-state index < -0.39 is 78.6 Å². The molecule has 0 saturated heterocycles. The van der Waals surface area contributed by atoms with Crippen molar-refractivity contribution in [3.05, 3.63) is 0 Å². The maximum Gasteiger partial charge on any atom is 3.00 e. The fraction of sp³-hybridized carbons (Fsp3) is 0.824. The molecule has 18 nitrogen and oxygen atoms in total. The predicted molar refractivity (Wildman–Crippen MR) is 264 cm³/mol. The van der Waals surface area contributed by atoms with Gasteiger partial charge in [0.05, 0.1) is 24.0 Å². The second kappa shape index (κ2) is 55.6. The number of aliphatic carboxylic acids is 6. The fourth-order valence-electron chi connectivity index (χ4n) is 7.02. The first-order valence-corrected chi connectivity index (χ1v) is 25.9. The van der Waals surface area contributed by atoms with Crippen molar-refractivity contribution in [3.63, 3.8) is 0 Å². The molecule has 0 spiro atoms. The van der Waals surface area contributed by atoms with E-state index in [1.54, 1.807) is 0 Å². The largest absolute Gasteiger partial charge is 3.00 e.